The number of allylic oxidation sites excluding steroid dienone is 1. The van der Waals surface area contributed by atoms with Crippen LogP contribution in [0.5, 0.6) is 0 Å². The summed E-state index contributed by atoms with van der Waals surface area (Å²) in [7, 11) is 0. The average Bonchev–Trinajstić information content (AvgIpc) is 3.13. The minimum absolute atomic E-state index is 0.332. The zero-order valence-electron chi connectivity index (χ0n) is 16.6. The van der Waals surface area contributed by atoms with Crippen LogP contribution in [0.2, 0.25) is 5.02 Å². The van der Waals surface area contributed by atoms with Gasteiger partial charge in [-0.3, -0.25) is 5.10 Å². The molecule has 5 rings (SSSR count). The van der Waals surface area contributed by atoms with Gasteiger partial charge in [0.15, 0.2) is 0 Å². The summed E-state index contributed by atoms with van der Waals surface area (Å²) in [4.78, 5) is 0. The van der Waals surface area contributed by atoms with Gasteiger partial charge in [0.25, 0.3) is 0 Å². The van der Waals surface area contributed by atoms with Crippen molar-refractivity contribution < 1.29 is 4.39 Å². The standard InChI is InChI=1S/C26H18ClFN3/c27-22-13-16(15-29)9-11-20(22)25(18-7-4-8-18)24(17-5-2-1-3-6-17)19-10-12-23-21(14-19)26(28)31-30-23/h1-3,5,9-14,18H,4,7-8H2,(H,30,31)/b25-24+. The van der Waals surface area contributed by atoms with Crippen molar-refractivity contribution in [3.63, 3.8) is 0 Å². The maximum Gasteiger partial charge on any atom is 0.240 e. The number of hydrogen-bond acceptors (Lipinski definition) is 2. The molecule has 0 bridgehead atoms. The summed E-state index contributed by atoms with van der Waals surface area (Å²) in [6.07, 6.45) is 3.28. The SMILES string of the molecule is N#Cc1ccc(/C(=C(\c2[c]cccc2)c2ccc3[nH]nc(F)c3c2)C2CCC2)c(Cl)c1. The van der Waals surface area contributed by atoms with Crippen LogP contribution in [-0.4, -0.2) is 10.2 Å². The number of nitrogens with zero attached hydrogens (tertiary/aromatic N) is 2. The number of nitriles is 1. The molecule has 0 amide bonds. The Kier molecular flexibility index (Phi) is 5.05. The highest BCUT2D eigenvalue weighted by Crippen LogP contribution is 2.47. The van der Waals surface area contributed by atoms with Gasteiger partial charge in [0.2, 0.25) is 5.95 Å². The van der Waals surface area contributed by atoms with Crippen molar-refractivity contribution in [2.24, 2.45) is 5.92 Å². The van der Waals surface area contributed by atoms with Crippen molar-refractivity contribution >= 4 is 33.7 Å². The zero-order chi connectivity index (χ0) is 21.4. The fraction of sp³-hybridized carbons (Fsp3) is 0.154. The van der Waals surface area contributed by atoms with Gasteiger partial charge in [-0.05, 0) is 76.9 Å². The molecule has 1 aliphatic rings. The predicted octanol–water partition coefficient (Wildman–Crippen LogP) is 6.79. The number of benzene rings is 3. The Morgan fingerprint density at radius 1 is 1.16 bits per heavy atom. The van der Waals surface area contributed by atoms with Gasteiger partial charge in [-0.2, -0.15) is 9.65 Å². The lowest BCUT2D eigenvalue weighted by Crippen LogP contribution is -2.15. The second-order valence-corrected chi connectivity index (χ2v) is 8.18. The molecule has 1 saturated carbocycles. The van der Waals surface area contributed by atoms with Gasteiger partial charge < -0.3 is 0 Å². The van der Waals surface area contributed by atoms with Crippen molar-refractivity contribution in [1.82, 2.24) is 10.2 Å². The van der Waals surface area contributed by atoms with E-state index in [4.69, 9.17) is 11.6 Å². The number of fused-ring (bicyclic) bond motifs is 1. The predicted molar refractivity (Wildman–Crippen MR) is 121 cm³/mol. The van der Waals surface area contributed by atoms with Crippen LogP contribution in [0.1, 0.15) is 41.5 Å². The molecule has 0 atom stereocenters. The van der Waals surface area contributed by atoms with E-state index >= 15 is 0 Å². The molecule has 5 heteroatoms. The molecule has 0 saturated heterocycles. The Morgan fingerprint density at radius 3 is 2.71 bits per heavy atom. The first-order chi connectivity index (χ1) is 15.2. The number of rotatable bonds is 4. The van der Waals surface area contributed by atoms with E-state index in [0.717, 1.165) is 47.1 Å². The van der Waals surface area contributed by atoms with E-state index in [1.165, 1.54) is 0 Å². The van der Waals surface area contributed by atoms with E-state index in [-0.39, 0.29) is 0 Å². The first-order valence-electron chi connectivity index (χ1n) is 10.2. The van der Waals surface area contributed by atoms with Crippen molar-refractivity contribution in [3.8, 4) is 6.07 Å². The highest BCUT2D eigenvalue weighted by atomic mass is 35.5. The molecule has 1 heterocycles. The summed E-state index contributed by atoms with van der Waals surface area (Å²) in [5.41, 5.74) is 6.00. The van der Waals surface area contributed by atoms with Crippen LogP contribution in [0.15, 0.2) is 60.7 Å². The quantitative estimate of drug-likeness (QED) is 0.365. The van der Waals surface area contributed by atoms with Crippen LogP contribution >= 0.6 is 11.6 Å². The third-order valence-corrected chi connectivity index (χ3v) is 6.27. The molecule has 0 spiro atoms. The number of aromatic amines is 1. The highest BCUT2D eigenvalue weighted by molar-refractivity contribution is 6.33. The maximum absolute atomic E-state index is 14.3. The van der Waals surface area contributed by atoms with Gasteiger partial charge in [-0.25, -0.2) is 0 Å². The Morgan fingerprint density at radius 2 is 2.03 bits per heavy atom. The molecule has 31 heavy (non-hydrogen) atoms. The Hall–Kier alpha value is -3.42. The molecule has 1 fully saturated rings. The molecule has 1 N–H and O–H groups in total. The summed E-state index contributed by atoms with van der Waals surface area (Å²) < 4.78 is 14.3. The Balaban J connectivity index is 1.83. The van der Waals surface area contributed by atoms with E-state index in [9.17, 15) is 9.65 Å². The monoisotopic (exact) mass is 426 g/mol. The second kappa shape index (κ2) is 8.02. The number of nitrogens with one attached hydrogen (secondary N) is 1. The average molecular weight is 427 g/mol. The van der Waals surface area contributed by atoms with E-state index in [1.54, 1.807) is 12.1 Å². The van der Waals surface area contributed by atoms with E-state index < -0.39 is 5.95 Å². The van der Waals surface area contributed by atoms with E-state index in [0.29, 0.717) is 27.4 Å². The molecular weight excluding hydrogens is 409 g/mol. The van der Waals surface area contributed by atoms with E-state index in [2.05, 4.69) is 22.3 Å². The number of halogens is 2. The van der Waals surface area contributed by atoms with Crippen molar-refractivity contribution in [1.29, 1.82) is 5.26 Å². The summed E-state index contributed by atoms with van der Waals surface area (Å²) in [6, 6.07) is 24.4. The van der Waals surface area contributed by atoms with Crippen molar-refractivity contribution in [3.05, 3.63) is 100.0 Å². The molecule has 1 aliphatic carbocycles. The molecule has 3 aromatic carbocycles. The van der Waals surface area contributed by atoms with Crippen LogP contribution < -0.4 is 0 Å². The minimum Gasteiger partial charge on any atom is -0.275 e. The first kappa shape index (κ1) is 19.5. The summed E-state index contributed by atoms with van der Waals surface area (Å²) in [5, 5.41) is 16.7. The summed E-state index contributed by atoms with van der Waals surface area (Å²) in [6.45, 7) is 0. The van der Waals surface area contributed by atoms with Gasteiger partial charge in [0.1, 0.15) is 0 Å². The van der Waals surface area contributed by atoms with Crippen molar-refractivity contribution in [2.45, 2.75) is 19.3 Å². The number of hydrogen-bond donors (Lipinski definition) is 1. The van der Waals surface area contributed by atoms with Gasteiger partial charge >= 0.3 is 0 Å². The minimum atomic E-state index is -0.519. The lowest BCUT2D eigenvalue weighted by molar-refractivity contribution is 0.401. The van der Waals surface area contributed by atoms with Crippen molar-refractivity contribution in [2.75, 3.05) is 0 Å². The Bertz CT molecular complexity index is 1340. The third kappa shape index (κ3) is 3.52. The third-order valence-electron chi connectivity index (χ3n) is 5.95. The van der Waals surface area contributed by atoms with Crippen LogP contribution in [-0.2, 0) is 0 Å². The molecule has 4 aromatic rings. The topological polar surface area (TPSA) is 52.5 Å². The summed E-state index contributed by atoms with van der Waals surface area (Å²) in [5.74, 6) is -0.186. The normalized spacial score (nSPS) is 14.7. The maximum atomic E-state index is 14.3. The molecule has 0 aliphatic heterocycles. The number of H-pyrrole nitrogens is 1. The van der Waals surface area contributed by atoms with E-state index in [1.807, 2.05) is 48.5 Å². The zero-order valence-corrected chi connectivity index (χ0v) is 17.4. The fourth-order valence-electron chi connectivity index (χ4n) is 4.20. The molecule has 3 nitrogen and oxygen atoms in total. The van der Waals surface area contributed by atoms with Crippen LogP contribution in [0.4, 0.5) is 4.39 Å². The highest BCUT2D eigenvalue weighted by Gasteiger charge is 2.28. The first-order valence-corrected chi connectivity index (χ1v) is 10.6. The van der Waals surface area contributed by atoms with Gasteiger partial charge in [-0.15, -0.1) is 5.10 Å². The van der Waals surface area contributed by atoms with Crippen LogP contribution in [0, 0.1) is 29.3 Å². The second-order valence-electron chi connectivity index (χ2n) is 7.77. The van der Waals surface area contributed by atoms with Gasteiger partial charge in [0, 0.05) is 5.02 Å². The van der Waals surface area contributed by atoms with Gasteiger partial charge in [0.05, 0.1) is 22.5 Å². The smallest absolute Gasteiger partial charge is 0.240 e. The molecule has 1 radical (unpaired) electrons. The van der Waals surface area contributed by atoms with Gasteiger partial charge in [-0.1, -0.05) is 54.4 Å². The summed E-state index contributed by atoms with van der Waals surface area (Å²) >= 11 is 6.68. The Labute approximate surface area is 184 Å². The lowest BCUT2D eigenvalue weighted by atomic mass is 9.73. The molecule has 0 unspecified atom stereocenters. The largest absolute Gasteiger partial charge is 0.275 e. The number of aromatic nitrogens is 2. The van der Waals surface area contributed by atoms with Crippen LogP contribution in [0.3, 0.4) is 0 Å². The fourth-order valence-corrected chi connectivity index (χ4v) is 4.48. The molecule has 151 valence electrons. The molecular formula is C26H18ClFN3. The van der Waals surface area contributed by atoms with Crippen LogP contribution in [0.25, 0.3) is 22.0 Å². The molecule has 1 aromatic heterocycles. The lowest BCUT2D eigenvalue weighted by Gasteiger charge is -2.32.